The van der Waals surface area contributed by atoms with Crippen molar-refractivity contribution in [3.63, 3.8) is 0 Å². The summed E-state index contributed by atoms with van der Waals surface area (Å²) in [5.41, 5.74) is -1.10. The Morgan fingerprint density at radius 3 is 1.35 bits per heavy atom. The molecule has 0 heterocycles. The first kappa shape index (κ1) is 13.3. The van der Waals surface area contributed by atoms with Gasteiger partial charge in [0, 0.05) is 0 Å². The summed E-state index contributed by atoms with van der Waals surface area (Å²) in [6, 6.07) is 0. The molecule has 0 aromatic carbocycles. The Balaban J connectivity index is 1.99. The van der Waals surface area contributed by atoms with E-state index in [1.807, 2.05) is 13.8 Å². The molecule has 0 N–H and O–H groups in total. The van der Waals surface area contributed by atoms with Gasteiger partial charge in [-0.05, 0) is 39.5 Å². The van der Waals surface area contributed by atoms with Crippen molar-refractivity contribution >= 4 is 10.4 Å². The smallest absolute Gasteiger partial charge is 0.242 e. The van der Waals surface area contributed by atoms with Gasteiger partial charge < -0.3 is 0 Å². The molecular formula is C12H22O4S. The predicted octanol–water partition coefficient (Wildman–Crippen LogP) is 2.93. The zero-order chi connectivity index (χ0) is 12.6. The molecule has 0 atom stereocenters. The van der Waals surface area contributed by atoms with Gasteiger partial charge in [-0.3, -0.25) is 0 Å². The maximum atomic E-state index is 11.9. The second-order valence-corrected chi connectivity index (χ2v) is 7.04. The van der Waals surface area contributed by atoms with Crippen molar-refractivity contribution in [1.29, 1.82) is 0 Å². The summed E-state index contributed by atoms with van der Waals surface area (Å²) in [6.07, 6.45) is 7.32. The van der Waals surface area contributed by atoms with E-state index in [4.69, 9.17) is 8.37 Å². The van der Waals surface area contributed by atoms with E-state index in [1.165, 1.54) is 0 Å². The van der Waals surface area contributed by atoms with Gasteiger partial charge in [-0.2, -0.15) is 8.42 Å². The highest BCUT2D eigenvalue weighted by atomic mass is 32.3. The Morgan fingerprint density at radius 1 is 0.765 bits per heavy atom. The van der Waals surface area contributed by atoms with Crippen molar-refractivity contribution in [3.8, 4) is 0 Å². The number of rotatable bonds is 4. The lowest BCUT2D eigenvalue weighted by Crippen LogP contribution is -2.35. The van der Waals surface area contributed by atoms with Crippen LogP contribution in [0.5, 0.6) is 0 Å². The first-order chi connectivity index (χ1) is 7.83. The maximum Gasteiger partial charge on any atom is 0.400 e. The molecule has 0 bridgehead atoms. The molecule has 0 saturated heterocycles. The minimum absolute atomic E-state index is 0.548. The third-order valence-corrected chi connectivity index (χ3v) is 5.14. The lowest BCUT2D eigenvalue weighted by Gasteiger charge is -2.27. The Labute approximate surface area is 104 Å². The van der Waals surface area contributed by atoms with E-state index >= 15 is 0 Å². The van der Waals surface area contributed by atoms with Gasteiger partial charge in [-0.1, -0.05) is 25.7 Å². The van der Waals surface area contributed by atoms with Crippen molar-refractivity contribution in [2.24, 2.45) is 0 Å². The molecule has 0 aromatic rings. The van der Waals surface area contributed by atoms with Crippen LogP contribution in [0.1, 0.15) is 65.2 Å². The van der Waals surface area contributed by atoms with Crippen LogP contribution in [-0.2, 0) is 18.8 Å². The van der Waals surface area contributed by atoms with Crippen LogP contribution in [0.4, 0.5) is 0 Å². The van der Waals surface area contributed by atoms with Crippen molar-refractivity contribution in [2.45, 2.75) is 76.4 Å². The lowest BCUT2D eigenvalue weighted by atomic mass is 10.1. The van der Waals surface area contributed by atoms with Crippen LogP contribution in [0.25, 0.3) is 0 Å². The fraction of sp³-hybridized carbons (Fsp3) is 1.00. The molecule has 5 heteroatoms. The van der Waals surface area contributed by atoms with E-state index in [1.54, 1.807) is 0 Å². The molecule has 17 heavy (non-hydrogen) atoms. The third kappa shape index (κ3) is 3.42. The Kier molecular flexibility index (Phi) is 3.54. The summed E-state index contributed by atoms with van der Waals surface area (Å²) < 4.78 is 34.3. The standard InChI is InChI=1S/C12H22O4S/c1-11(7-3-4-8-11)15-17(13,14)16-12(2)9-5-6-10-12/h3-10H2,1-2H3. The monoisotopic (exact) mass is 262 g/mol. The summed E-state index contributed by atoms with van der Waals surface area (Å²) in [4.78, 5) is 0. The Bertz CT molecular complexity index is 332. The second kappa shape index (κ2) is 4.52. The Morgan fingerprint density at radius 2 is 1.06 bits per heavy atom. The van der Waals surface area contributed by atoms with E-state index in [2.05, 4.69) is 0 Å². The predicted molar refractivity (Wildman–Crippen MR) is 64.8 cm³/mol. The van der Waals surface area contributed by atoms with Crippen LogP contribution in [0.3, 0.4) is 0 Å². The van der Waals surface area contributed by atoms with E-state index in [9.17, 15) is 8.42 Å². The minimum Gasteiger partial charge on any atom is -0.242 e. The van der Waals surface area contributed by atoms with Crippen LogP contribution in [0, 0.1) is 0 Å². The Hall–Kier alpha value is -0.130. The van der Waals surface area contributed by atoms with Crippen molar-refractivity contribution in [2.75, 3.05) is 0 Å². The van der Waals surface area contributed by atoms with E-state index < -0.39 is 21.6 Å². The average Bonchev–Trinajstić information content (AvgIpc) is 2.73. The SMILES string of the molecule is CC1(OS(=O)(=O)OC2(C)CCCC2)CCCC1. The van der Waals surface area contributed by atoms with E-state index in [0.717, 1.165) is 51.4 Å². The third-order valence-electron chi connectivity index (χ3n) is 3.93. The van der Waals surface area contributed by atoms with Gasteiger partial charge in [0.2, 0.25) is 0 Å². The molecule has 0 spiro atoms. The van der Waals surface area contributed by atoms with E-state index in [-0.39, 0.29) is 0 Å². The summed E-state index contributed by atoms with van der Waals surface area (Å²) in [5, 5.41) is 0. The second-order valence-electron chi connectivity index (χ2n) is 5.89. The maximum absolute atomic E-state index is 11.9. The summed E-state index contributed by atoms with van der Waals surface area (Å²) in [7, 11) is -3.87. The van der Waals surface area contributed by atoms with E-state index in [0.29, 0.717) is 0 Å². The first-order valence-electron chi connectivity index (χ1n) is 6.49. The summed E-state index contributed by atoms with van der Waals surface area (Å²) in [5.74, 6) is 0. The molecule has 0 unspecified atom stereocenters. The number of hydrogen-bond acceptors (Lipinski definition) is 4. The largest absolute Gasteiger partial charge is 0.400 e. The van der Waals surface area contributed by atoms with Gasteiger partial charge in [-0.25, -0.2) is 8.37 Å². The highest BCUT2D eigenvalue weighted by molar-refractivity contribution is 7.81. The van der Waals surface area contributed by atoms with Gasteiger partial charge in [0.05, 0.1) is 11.2 Å². The van der Waals surface area contributed by atoms with Crippen molar-refractivity contribution in [1.82, 2.24) is 0 Å². The van der Waals surface area contributed by atoms with Crippen LogP contribution in [0.15, 0.2) is 0 Å². The lowest BCUT2D eigenvalue weighted by molar-refractivity contribution is 0.0311. The molecule has 2 aliphatic rings. The minimum atomic E-state index is -3.87. The molecule has 0 aliphatic heterocycles. The average molecular weight is 262 g/mol. The molecular weight excluding hydrogens is 240 g/mol. The quantitative estimate of drug-likeness (QED) is 0.781. The molecule has 4 nitrogen and oxygen atoms in total. The van der Waals surface area contributed by atoms with Crippen LogP contribution < -0.4 is 0 Å². The highest BCUT2D eigenvalue weighted by Gasteiger charge is 2.40. The molecule has 2 aliphatic carbocycles. The topological polar surface area (TPSA) is 52.6 Å². The zero-order valence-electron chi connectivity index (χ0n) is 10.7. The molecule has 0 amide bonds. The van der Waals surface area contributed by atoms with Gasteiger partial charge in [0.1, 0.15) is 0 Å². The fourth-order valence-electron chi connectivity index (χ4n) is 2.92. The molecule has 0 aromatic heterocycles. The van der Waals surface area contributed by atoms with Gasteiger partial charge in [0.15, 0.2) is 0 Å². The van der Waals surface area contributed by atoms with Crippen molar-refractivity contribution < 1.29 is 16.8 Å². The highest BCUT2D eigenvalue weighted by Crippen LogP contribution is 2.38. The fourth-order valence-corrected chi connectivity index (χ4v) is 4.28. The summed E-state index contributed by atoms with van der Waals surface area (Å²) in [6.45, 7) is 3.72. The molecule has 2 rings (SSSR count). The molecule has 2 saturated carbocycles. The zero-order valence-corrected chi connectivity index (χ0v) is 11.5. The van der Waals surface area contributed by atoms with Crippen molar-refractivity contribution in [3.05, 3.63) is 0 Å². The first-order valence-corrected chi connectivity index (χ1v) is 7.82. The number of hydrogen-bond donors (Lipinski definition) is 0. The van der Waals surface area contributed by atoms with Gasteiger partial charge in [-0.15, -0.1) is 0 Å². The van der Waals surface area contributed by atoms with Gasteiger partial charge in [0.25, 0.3) is 0 Å². The normalized spacial score (nSPS) is 27.4. The molecule has 0 radical (unpaired) electrons. The molecule has 100 valence electrons. The van der Waals surface area contributed by atoms with Crippen LogP contribution in [0.2, 0.25) is 0 Å². The van der Waals surface area contributed by atoms with Crippen LogP contribution in [-0.4, -0.2) is 19.6 Å². The van der Waals surface area contributed by atoms with Crippen LogP contribution >= 0.6 is 0 Å². The van der Waals surface area contributed by atoms with Gasteiger partial charge >= 0.3 is 10.4 Å². The summed E-state index contributed by atoms with van der Waals surface area (Å²) >= 11 is 0. The molecule has 2 fully saturated rings.